The largest absolute Gasteiger partial charge is 0.379 e. The molecule has 1 unspecified atom stereocenters. The smallest absolute Gasteiger partial charge is 0.141 e. The molecular weight excluding hydrogens is 267 g/mol. The Morgan fingerprint density at radius 2 is 2.00 bits per heavy atom. The van der Waals surface area contributed by atoms with Gasteiger partial charge in [-0.25, -0.2) is 4.39 Å². The van der Waals surface area contributed by atoms with Crippen LogP contribution in [0, 0.1) is 5.82 Å². The molecule has 3 rings (SSSR count). The Labute approximate surface area is 122 Å². The number of aliphatic hydroxyl groups is 1. The quantitative estimate of drug-likeness (QED) is 0.800. The van der Waals surface area contributed by atoms with E-state index in [2.05, 4.69) is 9.97 Å². The van der Waals surface area contributed by atoms with Crippen LogP contribution in [0.1, 0.15) is 24.6 Å². The lowest BCUT2D eigenvalue weighted by Crippen LogP contribution is -2.28. The van der Waals surface area contributed by atoms with Crippen LogP contribution in [-0.2, 0) is 5.60 Å². The lowest BCUT2D eigenvalue weighted by Gasteiger charge is -2.28. The molecule has 21 heavy (non-hydrogen) atoms. The van der Waals surface area contributed by atoms with Crippen LogP contribution >= 0.6 is 0 Å². The molecule has 0 amide bonds. The zero-order valence-corrected chi connectivity index (χ0v) is 11.6. The van der Waals surface area contributed by atoms with Gasteiger partial charge in [-0.2, -0.15) is 0 Å². The second-order valence-corrected chi connectivity index (χ2v) is 4.98. The highest BCUT2D eigenvalue weighted by Gasteiger charge is 2.32. The Hall–Kier alpha value is -2.33. The van der Waals surface area contributed by atoms with Crippen LogP contribution in [0.3, 0.4) is 0 Å². The molecule has 0 bridgehead atoms. The summed E-state index contributed by atoms with van der Waals surface area (Å²) in [7, 11) is 0. The summed E-state index contributed by atoms with van der Waals surface area (Å²) in [5.74, 6) is -0.420. The van der Waals surface area contributed by atoms with Gasteiger partial charge in [-0.1, -0.05) is 25.1 Å². The van der Waals surface area contributed by atoms with E-state index in [4.69, 9.17) is 0 Å². The van der Waals surface area contributed by atoms with E-state index in [0.717, 1.165) is 22.5 Å². The first kappa shape index (κ1) is 13.6. The molecule has 0 aliphatic carbocycles. The van der Waals surface area contributed by atoms with E-state index in [0.29, 0.717) is 12.1 Å². The minimum absolute atomic E-state index is 0.420. The van der Waals surface area contributed by atoms with E-state index in [1.807, 2.05) is 31.2 Å². The SMILES string of the molecule is CCC(O)(c1ccc(F)cn1)c1cccc2ccncc12. The van der Waals surface area contributed by atoms with E-state index in [9.17, 15) is 9.50 Å². The van der Waals surface area contributed by atoms with Crippen LogP contribution in [0.5, 0.6) is 0 Å². The monoisotopic (exact) mass is 282 g/mol. The van der Waals surface area contributed by atoms with Crippen molar-refractivity contribution in [3.8, 4) is 0 Å². The van der Waals surface area contributed by atoms with Crippen LogP contribution in [0.15, 0.2) is 55.0 Å². The van der Waals surface area contributed by atoms with Crippen molar-refractivity contribution in [2.45, 2.75) is 18.9 Å². The van der Waals surface area contributed by atoms with Crippen LogP contribution in [0.2, 0.25) is 0 Å². The number of benzene rings is 1. The fraction of sp³-hybridized carbons (Fsp3) is 0.176. The predicted octanol–water partition coefficient (Wildman–Crippen LogP) is 3.41. The van der Waals surface area contributed by atoms with Crippen molar-refractivity contribution in [1.29, 1.82) is 0 Å². The van der Waals surface area contributed by atoms with Crippen molar-refractivity contribution in [2.75, 3.05) is 0 Å². The van der Waals surface area contributed by atoms with Crippen molar-refractivity contribution >= 4 is 10.8 Å². The predicted molar refractivity (Wildman–Crippen MR) is 79.2 cm³/mol. The summed E-state index contributed by atoms with van der Waals surface area (Å²) in [6.07, 6.45) is 5.00. The second-order valence-electron chi connectivity index (χ2n) is 4.98. The summed E-state index contributed by atoms with van der Waals surface area (Å²) in [4.78, 5) is 8.20. The maximum atomic E-state index is 13.1. The van der Waals surface area contributed by atoms with Gasteiger partial charge >= 0.3 is 0 Å². The molecule has 0 saturated heterocycles. The normalized spacial score (nSPS) is 14.0. The summed E-state index contributed by atoms with van der Waals surface area (Å²) in [5, 5.41) is 13.0. The third kappa shape index (κ3) is 2.28. The van der Waals surface area contributed by atoms with Crippen molar-refractivity contribution in [3.63, 3.8) is 0 Å². The summed E-state index contributed by atoms with van der Waals surface area (Å²) in [6.45, 7) is 1.88. The highest BCUT2D eigenvalue weighted by molar-refractivity contribution is 5.86. The molecule has 106 valence electrons. The molecule has 3 aromatic rings. The average molecular weight is 282 g/mol. The number of nitrogens with zero attached hydrogens (tertiary/aromatic N) is 2. The molecule has 1 atom stereocenters. The minimum atomic E-state index is -1.27. The summed E-state index contributed by atoms with van der Waals surface area (Å²) < 4.78 is 13.1. The van der Waals surface area contributed by atoms with E-state index in [1.54, 1.807) is 12.4 Å². The summed E-state index contributed by atoms with van der Waals surface area (Å²) >= 11 is 0. The first-order valence-electron chi connectivity index (χ1n) is 6.83. The van der Waals surface area contributed by atoms with Gasteiger partial charge in [-0.3, -0.25) is 9.97 Å². The molecule has 0 spiro atoms. The van der Waals surface area contributed by atoms with Gasteiger partial charge in [0.25, 0.3) is 0 Å². The average Bonchev–Trinajstić information content (AvgIpc) is 2.54. The van der Waals surface area contributed by atoms with Gasteiger partial charge in [0.05, 0.1) is 11.9 Å². The molecule has 0 radical (unpaired) electrons. The number of aromatic nitrogens is 2. The fourth-order valence-corrected chi connectivity index (χ4v) is 2.60. The lowest BCUT2D eigenvalue weighted by atomic mass is 9.85. The summed E-state index contributed by atoms with van der Waals surface area (Å²) in [6, 6.07) is 10.4. The third-order valence-electron chi connectivity index (χ3n) is 3.79. The van der Waals surface area contributed by atoms with Gasteiger partial charge < -0.3 is 5.11 Å². The molecule has 0 aliphatic rings. The van der Waals surface area contributed by atoms with Gasteiger partial charge in [0.2, 0.25) is 0 Å². The van der Waals surface area contributed by atoms with Crippen molar-refractivity contribution in [1.82, 2.24) is 9.97 Å². The molecule has 1 N–H and O–H groups in total. The standard InChI is InChI=1S/C17H15FN2O/c1-2-17(21,16-7-6-13(18)10-20-16)15-5-3-4-12-8-9-19-11-14(12)15/h3-11,21H,2H2,1H3. The topological polar surface area (TPSA) is 46.0 Å². The zero-order chi connectivity index (χ0) is 14.9. The van der Waals surface area contributed by atoms with Crippen LogP contribution in [-0.4, -0.2) is 15.1 Å². The zero-order valence-electron chi connectivity index (χ0n) is 11.6. The van der Waals surface area contributed by atoms with Gasteiger partial charge in [0, 0.05) is 17.8 Å². The van der Waals surface area contributed by atoms with Crippen LogP contribution < -0.4 is 0 Å². The molecule has 0 fully saturated rings. The Morgan fingerprint density at radius 1 is 1.14 bits per heavy atom. The first-order valence-corrected chi connectivity index (χ1v) is 6.83. The maximum absolute atomic E-state index is 13.1. The van der Waals surface area contributed by atoms with Crippen LogP contribution in [0.25, 0.3) is 10.8 Å². The molecule has 2 heterocycles. The molecule has 1 aromatic carbocycles. The van der Waals surface area contributed by atoms with Gasteiger partial charge in [-0.05, 0) is 35.6 Å². The van der Waals surface area contributed by atoms with Crippen molar-refractivity contribution in [2.24, 2.45) is 0 Å². The Kier molecular flexibility index (Phi) is 3.39. The molecular formula is C17H15FN2O. The Balaban J connectivity index is 2.24. The van der Waals surface area contributed by atoms with E-state index < -0.39 is 11.4 Å². The van der Waals surface area contributed by atoms with Crippen molar-refractivity contribution in [3.05, 3.63) is 72.1 Å². The fourth-order valence-electron chi connectivity index (χ4n) is 2.60. The number of hydrogen-bond acceptors (Lipinski definition) is 3. The van der Waals surface area contributed by atoms with Crippen molar-refractivity contribution < 1.29 is 9.50 Å². The Morgan fingerprint density at radius 3 is 2.71 bits per heavy atom. The first-order chi connectivity index (χ1) is 10.1. The Bertz CT molecular complexity index is 768. The number of rotatable bonds is 3. The van der Waals surface area contributed by atoms with Gasteiger partial charge in [0.1, 0.15) is 11.4 Å². The molecule has 0 saturated carbocycles. The molecule has 3 nitrogen and oxygen atoms in total. The minimum Gasteiger partial charge on any atom is -0.379 e. The number of halogens is 1. The highest BCUT2D eigenvalue weighted by atomic mass is 19.1. The van der Waals surface area contributed by atoms with Gasteiger partial charge in [0.15, 0.2) is 0 Å². The van der Waals surface area contributed by atoms with Crippen LogP contribution in [0.4, 0.5) is 4.39 Å². The summed E-state index contributed by atoms with van der Waals surface area (Å²) in [5.41, 5.74) is -0.103. The van der Waals surface area contributed by atoms with Gasteiger partial charge in [-0.15, -0.1) is 0 Å². The third-order valence-corrected chi connectivity index (χ3v) is 3.79. The van der Waals surface area contributed by atoms with E-state index >= 15 is 0 Å². The number of pyridine rings is 2. The lowest BCUT2D eigenvalue weighted by molar-refractivity contribution is 0.0733. The number of fused-ring (bicyclic) bond motifs is 1. The number of hydrogen-bond donors (Lipinski definition) is 1. The molecule has 4 heteroatoms. The molecule has 2 aromatic heterocycles. The maximum Gasteiger partial charge on any atom is 0.141 e. The second kappa shape index (κ2) is 5.22. The molecule has 0 aliphatic heterocycles. The van der Waals surface area contributed by atoms with E-state index in [-0.39, 0.29) is 0 Å². The highest BCUT2D eigenvalue weighted by Crippen LogP contribution is 2.35. The van der Waals surface area contributed by atoms with E-state index in [1.165, 1.54) is 12.1 Å².